The van der Waals surface area contributed by atoms with E-state index in [0.717, 1.165) is 17.7 Å². The van der Waals surface area contributed by atoms with Crippen molar-refractivity contribution in [3.8, 4) is 0 Å². The van der Waals surface area contributed by atoms with Gasteiger partial charge in [0, 0.05) is 29.3 Å². The van der Waals surface area contributed by atoms with Gasteiger partial charge < -0.3 is 5.11 Å². The van der Waals surface area contributed by atoms with Crippen molar-refractivity contribution >= 4 is 29.5 Å². The molecule has 3 rings (SSSR count). The summed E-state index contributed by atoms with van der Waals surface area (Å²) in [5, 5.41) is 11.1. The third kappa shape index (κ3) is 3.01. The van der Waals surface area contributed by atoms with Gasteiger partial charge in [0.1, 0.15) is 17.8 Å². The van der Waals surface area contributed by atoms with Gasteiger partial charge in [-0.15, -0.1) is 0 Å². The molecule has 1 heterocycles. The van der Waals surface area contributed by atoms with Gasteiger partial charge in [-0.2, -0.15) is 4.48 Å². The highest BCUT2D eigenvalue weighted by molar-refractivity contribution is 6.02. The van der Waals surface area contributed by atoms with Crippen LogP contribution >= 0.6 is 0 Å². The van der Waals surface area contributed by atoms with Crippen molar-refractivity contribution in [2.24, 2.45) is 0 Å². The zero-order valence-electron chi connectivity index (χ0n) is 13.3. The summed E-state index contributed by atoms with van der Waals surface area (Å²) < 4.78 is 27.9. The van der Waals surface area contributed by atoms with E-state index in [-0.39, 0.29) is 15.7 Å². The van der Waals surface area contributed by atoms with Crippen molar-refractivity contribution < 1.29 is 23.5 Å². The molecule has 1 aliphatic rings. The molecule has 2 aromatic carbocycles. The van der Waals surface area contributed by atoms with Crippen LogP contribution in [0.4, 0.5) is 25.0 Å². The van der Waals surface area contributed by atoms with Crippen molar-refractivity contribution in [1.29, 1.82) is 0 Å². The molecule has 0 bridgehead atoms. The van der Waals surface area contributed by atoms with Crippen molar-refractivity contribution in [2.45, 2.75) is 6.42 Å². The molecule has 1 aliphatic heterocycles. The highest BCUT2D eigenvalue weighted by Gasteiger charge is 2.38. The third-order valence-electron chi connectivity index (χ3n) is 4.13. The number of urea groups is 1. The lowest BCUT2D eigenvalue weighted by Crippen LogP contribution is -2.47. The van der Waals surface area contributed by atoms with Gasteiger partial charge in [0.05, 0.1) is 19.2 Å². The maximum absolute atomic E-state index is 14.1. The summed E-state index contributed by atoms with van der Waals surface area (Å²) in [4.78, 5) is 23.3. The number of fused-ring (bicyclic) bond motifs is 1. The summed E-state index contributed by atoms with van der Waals surface area (Å²) in [5.41, 5.74) is 0.954. The average Bonchev–Trinajstić information content (AvgIpc) is 2.91. The van der Waals surface area contributed by atoms with E-state index in [0.29, 0.717) is 5.69 Å². The van der Waals surface area contributed by atoms with Crippen LogP contribution in [0.15, 0.2) is 42.6 Å². The Morgan fingerprint density at radius 3 is 2.60 bits per heavy atom. The number of hydrogen-bond donors (Lipinski definition) is 2. The molecule has 7 heteroatoms. The SMILES string of the molecule is C[N+]1(C(=O)Nc2cc(F)c(CC(=O)O)cc2F)C=Cc2ccccc21. The second kappa shape index (κ2) is 6.10. The lowest BCUT2D eigenvalue weighted by Gasteiger charge is -2.24. The molecule has 1 atom stereocenters. The number of carboxylic acids is 1. The number of carboxylic acid groups (broad SMARTS) is 1. The lowest BCUT2D eigenvalue weighted by molar-refractivity contribution is -0.136. The Bertz CT molecular complexity index is 911. The van der Waals surface area contributed by atoms with Crippen LogP contribution in [0.5, 0.6) is 0 Å². The van der Waals surface area contributed by atoms with Gasteiger partial charge in [-0.1, -0.05) is 12.1 Å². The number of benzene rings is 2. The summed E-state index contributed by atoms with van der Waals surface area (Å²) in [6.45, 7) is 0. The maximum atomic E-state index is 14.1. The van der Waals surface area contributed by atoms with E-state index in [2.05, 4.69) is 5.32 Å². The Morgan fingerprint density at radius 2 is 1.88 bits per heavy atom. The molecule has 0 spiro atoms. The first-order valence-corrected chi connectivity index (χ1v) is 7.47. The van der Waals surface area contributed by atoms with Crippen LogP contribution in [0.25, 0.3) is 6.08 Å². The van der Waals surface area contributed by atoms with Crippen LogP contribution in [0.2, 0.25) is 0 Å². The Balaban J connectivity index is 1.88. The van der Waals surface area contributed by atoms with E-state index < -0.39 is 30.1 Å². The Kier molecular flexibility index (Phi) is 4.10. The summed E-state index contributed by atoms with van der Waals surface area (Å²) >= 11 is 0. The number of rotatable bonds is 3. The second-order valence-corrected chi connectivity index (χ2v) is 5.87. The maximum Gasteiger partial charge on any atom is 0.430 e. The molecule has 2 aromatic rings. The van der Waals surface area contributed by atoms with Gasteiger partial charge in [0.15, 0.2) is 5.69 Å². The molecule has 25 heavy (non-hydrogen) atoms. The standard InChI is InChI=1S/C18H14F2N2O3/c1-22(7-6-11-4-2-3-5-16(11)22)18(25)21-15-10-13(19)12(8-14(15)20)9-17(23)24/h2-8,10H,9H2,1H3,(H-,21,23,24,25)/p+1. The molecular weight excluding hydrogens is 330 g/mol. The smallest absolute Gasteiger partial charge is 0.430 e. The summed E-state index contributed by atoms with van der Waals surface area (Å²) in [6.07, 6.45) is 2.79. The minimum Gasteiger partial charge on any atom is -0.481 e. The van der Waals surface area contributed by atoms with Gasteiger partial charge >= 0.3 is 12.0 Å². The number of quaternary nitrogens is 1. The minimum absolute atomic E-state index is 0.242. The highest BCUT2D eigenvalue weighted by atomic mass is 19.1. The molecule has 128 valence electrons. The normalized spacial score (nSPS) is 18.0. The first kappa shape index (κ1) is 16.8. The van der Waals surface area contributed by atoms with E-state index >= 15 is 0 Å². The third-order valence-corrected chi connectivity index (χ3v) is 4.13. The predicted molar refractivity (Wildman–Crippen MR) is 89.9 cm³/mol. The molecule has 2 amide bonds. The zero-order chi connectivity index (χ0) is 18.2. The largest absolute Gasteiger partial charge is 0.481 e. The summed E-state index contributed by atoms with van der Waals surface area (Å²) in [7, 11) is 1.63. The van der Waals surface area contributed by atoms with Crippen LogP contribution in [0.1, 0.15) is 11.1 Å². The zero-order valence-corrected chi connectivity index (χ0v) is 13.3. The molecule has 5 nitrogen and oxygen atoms in total. The van der Waals surface area contributed by atoms with Crippen molar-refractivity contribution in [1.82, 2.24) is 4.48 Å². The van der Waals surface area contributed by atoms with E-state index in [4.69, 9.17) is 5.11 Å². The van der Waals surface area contributed by atoms with Crippen LogP contribution < -0.4 is 9.80 Å². The first-order valence-electron chi connectivity index (χ1n) is 7.47. The second-order valence-electron chi connectivity index (χ2n) is 5.87. The molecular formula is C18H15F2N2O3+. The Hall–Kier alpha value is -3.06. The number of para-hydroxylation sites is 1. The van der Waals surface area contributed by atoms with Crippen LogP contribution in [-0.4, -0.2) is 24.2 Å². The highest BCUT2D eigenvalue weighted by Crippen LogP contribution is 2.34. The minimum atomic E-state index is -1.27. The van der Waals surface area contributed by atoms with Gasteiger partial charge in [-0.05, 0) is 12.1 Å². The number of anilines is 1. The quantitative estimate of drug-likeness (QED) is 0.833. The molecule has 0 radical (unpaired) electrons. The average molecular weight is 345 g/mol. The fourth-order valence-electron chi connectivity index (χ4n) is 2.75. The topological polar surface area (TPSA) is 66.4 Å². The Morgan fingerprint density at radius 1 is 1.16 bits per heavy atom. The molecule has 2 N–H and O–H groups in total. The lowest BCUT2D eigenvalue weighted by atomic mass is 10.1. The predicted octanol–water partition coefficient (Wildman–Crippen LogP) is 3.75. The van der Waals surface area contributed by atoms with Crippen molar-refractivity contribution in [2.75, 3.05) is 12.4 Å². The molecule has 0 aromatic heterocycles. The van der Waals surface area contributed by atoms with E-state index in [1.807, 2.05) is 12.1 Å². The fraction of sp³-hybridized carbons (Fsp3) is 0.111. The number of nitrogens with zero attached hydrogens (tertiary/aromatic N) is 1. The number of nitrogens with one attached hydrogen (secondary N) is 1. The summed E-state index contributed by atoms with van der Waals surface area (Å²) in [6, 6.07) is 8.27. The van der Waals surface area contributed by atoms with Crippen molar-refractivity contribution in [3.63, 3.8) is 0 Å². The van der Waals surface area contributed by atoms with Crippen LogP contribution in [0.3, 0.4) is 0 Å². The monoisotopic (exact) mass is 345 g/mol. The van der Waals surface area contributed by atoms with Crippen LogP contribution in [0, 0.1) is 11.6 Å². The van der Waals surface area contributed by atoms with Gasteiger partial charge in [0.2, 0.25) is 0 Å². The molecule has 1 unspecified atom stereocenters. The van der Waals surface area contributed by atoms with Gasteiger partial charge in [-0.25, -0.2) is 13.6 Å². The van der Waals surface area contributed by atoms with Gasteiger partial charge in [0.25, 0.3) is 0 Å². The number of aliphatic carboxylic acids is 1. The van der Waals surface area contributed by atoms with Gasteiger partial charge in [-0.3, -0.25) is 10.1 Å². The molecule has 0 saturated carbocycles. The number of carbonyl (C=O) groups is 2. The number of amides is 2. The number of hydrogen-bond acceptors (Lipinski definition) is 2. The number of halogens is 2. The van der Waals surface area contributed by atoms with E-state index in [1.54, 1.807) is 31.5 Å². The number of carbonyl (C=O) groups excluding carboxylic acids is 1. The molecule has 0 fully saturated rings. The van der Waals surface area contributed by atoms with E-state index in [9.17, 15) is 18.4 Å². The first-order chi connectivity index (χ1) is 11.8. The Labute approximate surface area is 142 Å². The van der Waals surface area contributed by atoms with E-state index in [1.165, 1.54) is 0 Å². The summed E-state index contributed by atoms with van der Waals surface area (Å²) in [5.74, 6) is -3.06. The van der Waals surface area contributed by atoms with Crippen molar-refractivity contribution in [3.05, 3.63) is 65.4 Å². The fourth-order valence-corrected chi connectivity index (χ4v) is 2.75. The van der Waals surface area contributed by atoms with Crippen LogP contribution in [-0.2, 0) is 11.2 Å². The molecule has 0 aliphatic carbocycles. The molecule has 0 saturated heterocycles.